The Kier molecular flexibility index (Phi) is 3.89. The third kappa shape index (κ3) is 2.43. The number of para-hydroxylation sites is 2. The first kappa shape index (κ1) is 18.0. The van der Waals surface area contributed by atoms with Crippen LogP contribution in [0.3, 0.4) is 0 Å². The van der Waals surface area contributed by atoms with Gasteiger partial charge in [0.25, 0.3) is 11.8 Å². The number of anilines is 1. The molecule has 0 N–H and O–H groups in total. The van der Waals surface area contributed by atoms with Crippen LogP contribution < -0.4 is 9.64 Å². The van der Waals surface area contributed by atoms with Crippen molar-refractivity contribution in [3.63, 3.8) is 0 Å². The fourth-order valence-electron chi connectivity index (χ4n) is 3.76. The fraction of sp³-hybridized carbons (Fsp3) is 0.0909. The topological polar surface area (TPSA) is 77.3 Å². The Morgan fingerprint density at radius 2 is 1.73 bits per heavy atom. The van der Waals surface area contributed by atoms with Gasteiger partial charge in [-0.05, 0) is 43.3 Å². The maximum atomic E-state index is 13.4. The summed E-state index contributed by atoms with van der Waals surface area (Å²) in [5.74, 6) is -0.888. The summed E-state index contributed by atoms with van der Waals surface area (Å²) >= 11 is 0. The number of methoxy groups -OCH3 is 1. The zero-order valence-corrected chi connectivity index (χ0v) is 16.1. The highest BCUT2D eigenvalue weighted by Gasteiger charge is 2.41. The van der Waals surface area contributed by atoms with E-state index in [4.69, 9.17) is 4.74 Å². The first-order valence-electron chi connectivity index (χ1n) is 9.17. The smallest absolute Gasteiger partial charge is 0.267 e. The minimum Gasteiger partial charge on any atom is -0.495 e. The second kappa shape index (κ2) is 6.48. The van der Waals surface area contributed by atoms with Crippen molar-refractivity contribution in [1.29, 1.82) is 0 Å². The lowest BCUT2D eigenvalue weighted by Crippen LogP contribution is -2.29. The zero-order chi connectivity index (χ0) is 21.0. The van der Waals surface area contributed by atoms with Gasteiger partial charge in [-0.25, -0.2) is 19.0 Å². The fourth-order valence-corrected chi connectivity index (χ4v) is 3.76. The van der Waals surface area contributed by atoms with E-state index in [0.29, 0.717) is 33.9 Å². The van der Waals surface area contributed by atoms with Crippen LogP contribution in [0.4, 0.5) is 10.1 Å². The maximum absolute atomic E-state index is 13.4. The normalized spacial score (nSPS) is 13.2. The Morgan fingerprint density at radius 3 is 2.47 bits per heavy atom. The summed E-state index contributed by atoms with van der Waals surface area (Å²) in [4.78, 5) is 32.0. The van der Waals surface area contributed by atoms with Crippen molar-refractivity contribution in [2.24, 2.45) is 0 Å². The maximum Gasteiger partial charge on any atom is 0.267 e. The van der Waals surface area contributed by atoms with Crippen LogP contribution in [0.1, 0.15) is 26.4 Å². The molecule has 0 atom stereocenters. The van der Waals surface area contributed by atoms with Crippen molar-refractivity contribution in [3.8, 4) is 11.4 Å². The Balaban J connectivity index is 1.71. The van der Waals surface area contributed by atoms with Gasteiger partial charge < -0.3 is 4.74 Å². The molecule has 0 aliphatic carbocycles. The number of aryl methyl sites for hydroxylation is 1. The SMILES string of the molecule is COc1ccccc1N1C(=O)c2cnc3c(c(C)nn3-c3ccc(F)cc3)c2C1=O. The second-order valence-electron chi connectivity index (χ2n) is 6.84. The van der Waals surface area contributed by atoms with Gasteiger partial charge in [-0.1, -0.05) is 12.1 Å². The highest BCUT2D eigenvalue weighted by atomic mass is 19.1. The van der Waals surface area contributed by atoms with Gasteiger partial charge in [0.2, 0.25) is 0 Å². The summed E-state index contributed by atoms with van der Waals surface area (Å²) in [6.45, 7) is 1.74. The molecule has 2 aromatic heterocycles. The summed E-state index contributed by atoms with van der Waals surface area (Å²) in [5, 5.41) is 4.98. The first-order valence-corrected chi connectivity index (χ1v) is 9.17. The van der Waals surface area contributed by atoms with E-state index < -0.39 is 11.8 Å². The van der Waals surface area contributed by atoms with Gasteiger partial charge in [0.15, 0.2) is 5.65 Å². The van der Waals surface area contributed by atoms with Crippen LogP contribution in [0, 0.1) is 12.7 Å². The van der Waals surface area contributed by atoms with Crippen molar-refractivity contribution < 1.29 is 18.7 Å². The van der Waals surface area contributed by atoms with Crippen LogP contribution in [0.15, 0.2) is 54.7 Å². The molecule has 1 aliphatic heterocycles. The molecular weight excluding hydrogens is 387 g/mol. The van der Waals surface area contributed by atoms with E-state index in [1.165, 1.54) is 30.1 Å². The van der Waals surface area contributed by atoms with Gasteiger partial charge in [-0.2, -0.15) is 5.10 Å². The molecule has 7 nitrogen and oxygen atoms in total. The molecule has 0 spiro atoms. The lowest BCUT2D eigenvalue weighted by atomic mass is 10.1. The molecule has 0 unspecified atom stereocenters. The number of aromatic nitrogens is 3. The zero-order valence-electron chi connectivity index (χ0n) is 16.1. The van der Waals surface area contributed by atoms with Crippen molar-refractivity contribution >= 4 is 28.5 Å². The van der Waals surface area contributed by atoms with E-state index in [-0.39, 0.29) is 16.9 Å². The van der Waals surface area contributed by atoms with Gasteiger partial charge in [0.05, 0.1) is 40.7 Å². The number of hydrogen-bond acceptors (Lipinski definition) is 5. The molecule has 1 aliphatic rings. The Labute approximate surface area is 170 Å². The predicted octanol–water partition coefficient (Wildman–Crippen LogP) is 3.68. The van der Waals surface area contributed by atoms with Crippen molar-refractivity contribution in [2.45, 2.75) is 6.92 Å². The first-order chi connectivity index (χ1) is 14.5. The monoisotopic (exact) mass is 402 g/mol. The Morgan fingerprint density at radius 1 is 1.00 bits per heavy atom. The molecule has 2 amide bonds. The number of imide groups is 1. The van der Waals surface area contributed by atoms with Gasteiger partial charge in [0, 0.05) is 6.20 Å². The number of carbonyl (C=O) groups excluding carboxylic acids is 2. The number of ether oxygens (including phenoxy) is 1. The molecule has 148 valence electrons. The Hall–Kier alpha value is -4.07. The number of nitrogens with zero attached hydrogens (tertiary/aromatic N) is 4. The number of halogens is 1. The molecule has 3 heterocycles. The predicted molar refractivity (Wildman–Crippen MR) is 108 cm³/mol. The van der Waals surface area contributed by atoms with Crippen molar-refractivity contribution in [2.75, 3.05) is 12.0 Å². The average molecular weight is 402 g/mol. The van der Waals surface area contributed by atoms with Crippen LogP contribution in [-0.4, -0.2) is 33.7 Å². The largest absolute Gasteiger partial charge is 0.495 e. The molecule has 0 fully saturated rings. The summed E-state index contributed by atoms with van der Waals surface area (Å²) in [6, 6.07) is 12.6. The molecule has 30 heavy (non-hydrogen) atoms. The highest BCUT2D eigenvalue weighted by molar-refractivity contribution is 6.37. The molecule has 8 heteroatoms. The number of carbonyl (C=O) groups is 2. The van der Waals surface area contributed by atoms with Gasteiger partial charge >= 0.3 is 0 Å². The lowest BCUT2D eigenvalue weighted by Gasteiger charge is -2.16. The van der Waals surface area contributed by atoms with E-state index in [9.17, 15) is 14.0 Å². The van der Waals surface area contributed by atoms with Crippen LogP contribution in [0.2, 0.25) is 0 Å². The average Bonchev–Trinajstić information content (AvgIpc) is 3.22. The standard InChI is InChI=1S/C22H15FN4O3/c1-12-18-19-15(11-24-20(18)27(25-12)14-9-7-13(23)8-10-14)21(28)26(22(19)29)16-5-3-4-6-17(16)30-2/h3-11H,1-2H3. The highest BCUT2D eigenvalue weighted by Crippen LogP contribution is 2.37. The van der Waals surface area contributed by atoms with Crippen molar-refractivity contribution in [3.05, 3.63) is 77.4 Å². The van der Waals surface area contributed by atoms with Crippen LogP contribution >= 0.6 is 0 Å². The second-order valence-corrected chi connectivity index (χ2v) is 6.84. The number of pyridine rings is 1. The molecular formula is C22H15FN4O3. The summed E-state index contributed by atoms with van der Waals surface area (Å²) in [7, 11) is 1.48. The number of rotatable bonds is 3. The summed E-state index contributed by atoms with van der Waals surface area (Å²) in [6.07, 6.45) is 1.38. The molecule has 0 saturated carbocycles. The quantitative estimate of drug-likeness (QED) is 0.489. The third-order valence-electron chi connectivity index (χ3n) is 5.12. The van der Waals surface area contributed by atoms with E-state index >= 15 is 0 Å². The number of amides is 2. The molecule has 2 aromatic carbocycles. The minimum atomic E-state index is -0.470. The Bertz CT molecular complexity index is 1340. The lowest BCUT2D eigenvalue weighted by molar-refractivity contribution is 0.0925. The van der Waals surface area contributed by atoms with Crippen molar-refractivity contribution in [1.82, 2.24) is 14.8 Å². The summed E-state index contributed by atoms with van der Waals surface area (Å²) < 4.78 is 20.2. The van der Waals surface area contributed by atoms with E-state index in [1.807, 2.05) is 0 Å². The van der Waals surface area contributed by atoms with E-state index in [0.717, 1.165) is 4.90 Å². The minimum absolute atomic E-state index is 0.208. The molecule has 0 saturated heterocycles. The molecule has 0 radical (unpaired) electrons. The third-order valence-corrected chi connectivity index (χ3v) is 5.12. The molecule has 5 rings (SSSR count). The summed E-state index contributed by atoms with van der Waals surface area (Å²) in [5.41, 5.74) is 2.38. The van der Waals surface area contributed by atoms with Gasteiger partial charge in [-0.3, -0.25) is 9.59 Å². The van der Waals surface area contributed by atoms with E-state index in [1.54, 1.807) is 43.3 Å². The van der Waals surface area contributed by atoms with Crippen LogP contribution in [0.25, 0.3) is 16.7 Å². The number of hydrogen-bond donors (Lipinski definition) is 0. The number of benzene rings is 2. The number of fused-ring (bicyclic) bond motifs is 3. The van der Waals surface area contributed by atoms with Gasteiger partial charge in [-0.15, -0.1) is 0 Å². The van der Waals surface area contributed by atoms with Crippen LogP contribution in [-0.2, 0) is 0 Å². The van der Waals surface area contributed by atoms with Crippen LogP contribution in [0.5, 0.6) is 5.75 Å². The van der Waals surface area contributed by atoms with Gasteiger partial charge in [0.1, 0.15) is 11.6 Å². The molecule has 4 aromatic rings. The van der Waals surface area contributed by atoms with E-state index in [2.05, 4.69) is 10.1 Å². The molecule has 0 bridgehead atoms.